The third-order valence-corrected chi connectivity index (χ3v) is 3.38. The summed E-state index contributed by atoms with van der Waals surface area (Å²) in [7, 11) is 0. The Hall–Kier alpha value is -0.900. The van der Waals surface area contributed by atoms with Crippen LogP contribution in [0.25, 0.3) is 0 Å². The van der Waals surface area contributed by atoms with Crippen molar-refractivity contribution in [3.8, 4) is 0 Å². The Bertz CT molecular complexity index is 267. The van der Waals surface area contributed by atoms with E-state index in [2.05, 4.69) is 16.6 Å². The maximum absolute atomic E-state index is 11.5. The minimum atomic E-state index is -0.469. The highest BCUT2D eigenvalue weighted by Crippen LogP contribution is 2.40. The second kappa shape index (κ2) is 3.35. The van der Waals surface area contributed by atoms with Crippen molar-refractivity contribution in [3.05, 3.63) is 0 Å². The predicted octanol–water partition coefficient (Wildman–Crippen LogP) is 0.562. The molecule has 0 aromatic carbocycles. The van der Waals surface area contributed by atoms with Crippen LogP contribution in [0.2, 0.25) is 0 Å². The largest absolute Gasteiger partial charge is 0.393 e. The minimum Gasteiger partial charge on any atom is -0.393 e. The minimum absolute atomic E-state index is 0.293. The first kappa shape index (κ1) is 9.65. The zero-order chi connectivity index (χ0) is 10.2. The molecule has 2 fully saturated rings. The topological polar surface area (TPSA) is 46.6 Å². The molecule has 1 spiro atoms. The van der Waals surface area contributed by atoms with E-state index in [1.54, 1.807) is 0 Å². The van der Waals surface area contributed by atoms with Crippen LogP contribution in [0.15, 0.2) is 0 Å². The molecule has 0 radical (unpaired) electrons. The van der Waals surface area contributed by atoms with Crippen molar-refractivity contribution in [2.24, 2.45) is 5.41 Å². The first-order chi connectivity index (χ1) is 6.66. The van der Waals surface area contributed by atoms with E-state index in [9.17, 15) is 9.59 Å². The zero-order valence-corrected chi connectivity index (χ0v) is 8.41. The smallest absolute Gasteiger partial charge is 0.320 e. The van der Waals surface area contributed by atoms with Gasteiger partial charge in [0.05, 0.1) is 11.8 Å². The average Bonchev–Trinajstić information content (AvgIpc) is 2.43. The van der Waals surface area contributed by atoms with Crippen LogP contribution in [0, 0.1) is 5.41 Å². The van der Waals surface area contributed by atoms with E-state index in [-0.39, 0.29) is 11.9 Å². The number of esters is 2. The van der Waals surface area contributed by atoms with Gasteiger partial charge in [-0.15, -0.1) is 0 Å². The molecule has 0 bridgehead atoms. The number of carbonyl (C=O) groups excluding carboxylic acids is 2. The Kier molecular flexibility index (Phi) is 2.31. The third-order valence-electron chi connectivity index (χ3n) is 3.38. The van der Waals surface area contributed by atoms with Crippen molar-refractivity contribution in [2.75, 3.05) is 19.6 Å². The zero-order valence-electron chi connectivity index (χ0n) is 8.41. The summed E-state index contributed by atoms with van der Waals surface area (Å²) in [5.41, 5.74) is -0.469. The molecule has 0 N–H and O–H groups in total. The lowest BCUT2D eigenvalue weighted by molar-refractivity contribution is -0.156. The SMILES string of the molecule is CCN1CCC2(CC1)CC(=O)OC2=O. The van der Waals surface area contributed by atoms with Gasteiger partial charge in [0.25, 0.3) is 0 Å². The second-order valence-electron chi connectivity index (χ2n) is 4.15. The van der Waals surface area contributed by atoms with Gasteiger partial charge in [-0.05, 0) is 32.5 Å². The lowest BCUT2D eigenvalue weighted by Crippen LogP contribution is -2.42. The molecule has 2 aliphatic heterocycles. The number of carbonyl (C=O) groups is 2. The van der Waals surface area contributed by atoms with Crippen molar-refractivity contribution in [1.82, 2.24) is 4.90 Å². The summed E-state index contributed by atoms with van der Waals surface area (Å²) in [5, 5.41) is 0. The molecule has 0 atom stereocenters. The van der Waals surface area contributed by atoms with E-state index in [1.165, 1.54) is 0 Å². The van der Waals surface area contributed by atoms with Gasteiger partial charge in [-0.3, -0.25) is 9.59 Å². The van der Waals surface area contributed by atoms with E-state index < -0.39 is 5.41 Å². The molecule has 2 rings (SSSR count). The molecular formula is C10H15NO3. The molecule has 0 unspecified atom stereocenters. The lowest BCUT2D eigenvalue weighted by Gasteiger charge is -2.35. The van der Waals surface area contributed by atoms with Crippen LogP contribution < -0.4 is 0 Å². The van der Waals surface area contributed by atoms with Gasteiger partial charge in [-0.25, -0.2) is 0 Å². The highest BCUT2D eigenvalue weighted by molar-refractivity contribution is 5.97. The van der Waals surface area contributed by atoms with Crippen molar-refractivity contribution in [3.63, 3.8) is 0 Å². The Labute approximate surface area is 83.2 Å². The molecule has 0 aromatic rings. The Morgan fingerprint density at radius 1 is 1.36 bits per heavy atom. The number of ether oxygens (including phenoxy) is 1. The first-order valence-corrected chi connectivity index (χ1v) is 5.14. The summed E-state index contributed by atoms with van der Waals surface area (Å²) in [6, 6.07) is 0. The number of cyclic esters (lactones) is 2. The quantitative estimate of drug-likeness (QED) is 0.455. The summed E-state index contributed by atoms with van der Waals surface area (Å²) >= 11 is 0. The summed E-state index contributed by atoms with van der Waals surface area (Å²) in [4.78, 5) is 24.8. The van der Waals surface area contributed by atoms with Gasteiger partial charge in [0.1, 0.15) is 0 Å². The van der Waals surface area contributed by atoms with Crippen LogP contribution in [0.5, 0.6) is 0 Å². The highest BCUT2D eigenvalue weighted by atomic mass is 16.6. The van der Waals surface area contributed by atoms with E-state index in [0.717, 1.165) is 32.5 Å². The summed E-state index contributed by atoms with van der Waals surface area (Å²) in [6.45, 7) is 4.92. The Balaban J connectivity index is 2.05. The van der Waals surface area contributed by atoms with E-state index in [1.807, 2.05) is 0 Å². The summed E-state index contributed by atoms with van der Waals surface area (Å²) < 4.78 is 4.63. The first-order valence-electron chi connectivity index (χ1n) is 5.14. The summed E-state index contributed by atoms with van der Waals surface area (Å²) in [5.74, 6) is -0.641. The highest BCUT2D eigenvalue weighted by Gasteiger charge is 2.50. The molecule has 78 valence electrons. The number of rotatable bonds is 1. The molecule has 4 heteroatoms. The fourth-order valence-electron chi connectivity index (χ4n) is 2.27. The molecule has 0 amide bonds. The molecule has 0 saturated carbocycles. The molecular weight excluding hydrogens is 182 g/mol. The van der Waals surface area contributed by atoms with Crippen LogP contribution in [0.4, 0.5) is 0 Å². The molecule has 4 nitrogen and oxygen atoms in total. The van der Waals surface area contributed by atoms with Crippen LogP contribution in [-0.4, -0.2) is 36.5 Å². The van der Waals surface area contributed by atoms with Gasteiger partial charge in [0, 0.05) is 0 Å². The van der Waals surface area contributed by atoms with E-state index in [4.69, 9.17) is 0 Å². The summed E-state index contributed by atoms with van der Waals surface area (Å²) in [6.07, 6.45) is 1.83. The van der Waals surface area contributed by atoms with Gasteiger partial charge in [-0.1, -0.05) is 6.92 Å². The van der Waals surface area contributed by atoms with Gasteiger partial charge >= 0.3 is 11.9 Å². The standard InChI is InChI=1S/C10H15NO3/c1-2-11-5-3-10(4-6-11)7-8(12)14-9(10)13/h2-7H2,1H3. The third kappa shape index (κ3) is 1.43. The van der Waals surface area contributed by atoms with Crippen LogP contribution >= 0.6 is 0 Å². The fraction of sp³-hybridized carbons (Fsp3) is 0.800. The number of likely N-dealkylation sites (tertiary alicyclic amines) is 1. The van der Waals surface area contributed by atoms with Crippen molar-refractivity contribution < 1.29 is 14.3 Å². The molecule has 2 aliphatic rings. The van der Waals surface area contributed by atoms with Crippen molar-refractivity contribution in [2.45, 2.75) is 26.2 Å². The Morgan fingerprint density at radius 2 is 2.00 bits per heavy atom. The van der Waals surface area contributed by atoms with Gasteiger partial charge < -0.3 is 9.64 Å². The molecule has 2 saturated heterocycles. The second-order valence-corrected chi connectivity index (χ2v) is 4.15. The number of hydrogen-bond acceptors (Lipinski definition) is 4. The predicted molar refractivity (Wildman–Crippen MR) is 49.5 cm³/mol. The van der Waals surface area contributed by atoms with Crippen molar-refractivity contribution in [1.29, 1.82) is 0 Å². The monoisotopic (exact) mass is 197 g/mol. The van der Waals surface area contributed by atoms with Crippen LogP contribution in [0.1, 0.15) is 26.2 Å². The number of nitrogens with zero attached hydrogens (tertiary/aromatic N) is 1. The van der Waals surface area contributed by atoms with E-state index in [0.29, 0.717) is 6.42 Å². The van der Waals surface area contributed by atoms with E-state index >= 15 is 0 Å². The lowest BCUT2D eigenvalue weighted by atomic mass is 9.77. The molecule has 2 heterocycles. The molecule has 0 aromatic heterocycles. The van der Waals surface area contributed by atoms with Crippen LogP contribution in [0.3, 0.4) is 0 Å². The number of piperidine rings is 1. The normalized spacial score (nSPS) is 26.9. The maximum atomic E-state index is 11.5. The van der Waals surface area contributed by atoms with Crippen LogP contribution in [-0.2, 0) is 14.3 Å². The average molecular weight is 197 g/mol. The van der Waals surface area contributed by atoms with Gasteiger partial charge in [0.15, 0.2) is 0 Å². The van der Waals surface area contributed by atoms with Crippen molar-refractivity contribution >= 4 is 11.9 Å². The number of hydrogen-bond donors (Lipinski definition) is 0. The van der Waals surface area contributed by atoms with Gasteiger partial charge in [0.2, 0.25) is 0 Å². The Morgan fingerprint density at radius 3 is 2.43 bits per heavy atom. The molecule has 14 heavy (non-hydrogen) atoms. The maximum Gasteiger partial charge on any atom is 0.320 e. The van der Waals surface area contributed by atoms with Gasteiger partial charge in [-0.2, -0.15) is 0 Å². The molecule has 0 aliphatic carbocycles. The fourth-order valence-corrected chi connectivity index (χ4v) is 2.27.